The summed E-state index contributed by atoms with van der Waals surface area (Å²) >= 11 is 0. The normalized spacial score (nSPS) is 17.0. The number of hydrogen-bond acceptors (Lipinski definition) is 4. The van der Waals surface area contributed by atoms with Gasteiger partial charge in [0, 0.05) is 38.2 Å². The van der Waals surface area contributed by atoms with Crippen molar-refractivity contribution in [3.8, 4) is 5.82 Å². The molecule has 23 heavy (non-hydrogen) atoms. The average molecular weight is 335 g/mol. The molecule has 1 saturated heterocycles. The van der Waals surface area contributed by atoms with Crippen LogP contribution >= 0.6 is 0 Å². The monoisotopic (exact) mass is 335 g/mol. The van der Waals surface area contributed by atoms with Gasteiger partial charge in [-0.15, -0.1) is 0 Å². The van der Waals surface area contributed by atoms with Crippen LogP contribution in [0, 0.1) is 0 Å². The third-order valence-corrected chi connectivity index (χ3v) is 5.47. The molecule has 0 aromatic carbocycles. The van der Waals surface area contributed by atoms with Crippen molar-refractivity contribution in [1.82, 2.24) is 23.8 Å². The lowest BCUT2D eigenvalue weighted by Gasteiger charge is -2.20. The van der Waals surface area contributed by atoms with E-state index in [9.17, 15) is 8.42 Å². The SMILES string of the molecule is O=S(=O)(NCc1ccnc(-n2cccn2)c1)N1CCCCCC1. The fourth-order valence-corrected chi connectivity index (χ4v) is 3.92. The van der Waals surface area contributed by atoms with E-state index in [0.717, 1.165) is 31.2 Å². The molecule has 0 amide bonds. The lowest BCUT2D eigenvalue weighted by molar-refractivity contribution is 0.414. The molecule has 2 aromatic heterocycles. The fraction of sp³-hybridized carbons (Fsp3) is 0.467. The summed E-state index contributed by atoms with van der Waals surface area (Å²) in [6.45, 7) is 1.45. The molecular formula is C15H21N5O2S. The smallest absolute Gasteiger partial charge is 0.237 e. The minimum absolute atomic E-state index is 0.246. The van der Waals surface area contributed by atoms with Gasteiger partial charge in [0.05, 0.1) is 0 Å². The summed E-state index contributed by atoms with van der Waals surface area (Å²) in [5, 5.41) is 4.13. The van der Waals surface area contributed by atoms with Crippen LogP contribution in [0.25, 0.3) is 5.82 Å². The van der Waals surface area contributed by atoms with Gasteiger partial charge in [0.15, 0.2) is 5.82 Å². The molecule has 2 aromatic rings. The van der Waals surface area contributed by atoms with Gasteiger partial charge in [0.25, 0.3) is 10.2 Å². The van der Waals surface area contributed by atoms with Crippen LogP contribution in [0.15, 0.2) is 36.8 Å². The van der Waals surface area contributed by atoms with E-state index < -0.39 is 10.2 Å². The first-order valence-corrected chi connectivity index (χ1v) is 9.29. The topological polar surface area (TPSA) is 80.1 Å². The highest BCUT2D eigenvalue weighted by Gasteiger charge is 2.22. The van der Waals surface area contributed by atoms with Crippen LogP contribution in [0.3, 0.4) is 0 Å². The van der Waals surface area contributed by atoms with Gasteiger partial charge in [-0.3, -0.25) is 0 Å². The Morgan fingerprint density at radius 2 is 1.91 bits per heavy atom. The minimum Gasteiger partial charge on any atom is -0.237 e. The third kappa shape index (κ3) is 4.15. The van der Waals surface area contributed by atoms with Gasteiger partial charge in [-0.2, -0.15) is 22.5 Å². The van der Waals surface area contributed by atoms with E-state index in [-0.39, 0.29) is 6.54 Å². The fourth-order valence-electron chi connectivity index (χ4n) is 2.65. The molecule has 8 heteroatoms. The number of nitrogens with zero attached hydrogens (tertiary/aromatic N) is 4. The molecule has 0 bridgehead atoms. The van der Waals surface area contributed by atoms with E-state index in [0.29, 0.717) is 18.9 Å². The van der Waals surface area contributed by atoms with Crippen LogP contribution in [0.5, 0.6) is 0 Å². The Hall–Kier alpha value is -1.77. The van der Waals surface area contributed by atoms with Gasteiger partial charge in [-0.1, -0.05) is 12.8 Å². The van der Waals surface area contributed by atoms with E-state index in [1.165, 1.54) is 0 Å². The highest BCUT2D eigenvalue weighted by Crippen LogP contribution is 2.13. The maximum Gasteiger partial charge on any atom is 0.279 e. The second kappa shape index (κ2) is 7.20. The molecular weight excluding hydrogens is 314 g/mol. The molecule has 3 rings (SSSR count). The van der Waals surface area contributed by atoms with Crippen molar-refractivity contribution in [2.24, 2.45) is 0 Å². The first-order chi connectivity index (χ1) is 11.1. The average Bonchev–Trinajstić information content (AvgIpc) is 2.95. The summed E-state index contributed by atoms with van der Waals surface area (Å²) in [5.41, 5.74) is 0.851. The lowest BCUT2D eigenvalue weighted by Crippen LogP contribution is -2.40. The van der Waals surface area contributed by atoms with Crippen molar-refractivity contribution < 1.29 is 8.42 Å². The standard InChI is InChI=1S/C15H21N5O2S/c21-23(22,19-9-3-1-2-4-10-19)18-13-14-6-8-16-15(12-14)20-11-5-7-17-20/h5-8,11-12,18H,1-4,9-10,13H2. The zero-order valence-electron chi connectivity index (χ0n) is 12.9. The lowest BCUT2D eigenvalue weighted by atomic mass is 10.2. The molecule has 3 heterocycles. The van der Waals surface area contributed by atoms with E-state index in [1.54, 1.807) is 33.6 Å². The second-order valence-electron chi connectivity index (χ2n) is 5.61. The number of hydrogen-bond donors (Lipinski definition) is 1. The Bertz CT molecular complexity index is 722. The highest BCUT2D eigenvalue weighted by molar-refractivity contribution is 7.87. The van der Waals surface area contributed by atoms with Crippen molar-refractivity contribution in [2.45, 2.75) is 32.2 Å². The molecule has 0 saturated carbocycles. The molecule has 124 valence electrons. The van der Waals surface area contributed by atoms with E-state index in [1.807, 2.05) is 12.1 Å². The second-order valence-corrected chi connectivity index (χ2v) is 7.37. The first kappa shape index (κ1) is 16.1. The molecule has 0 unspecified atom stereocenters. The molecule has 0 aliphatic carbocycles. The van der Waals surface area contributed by atoms with E-state index >= 15 is 0 Å². The Balaban J connectivity index is 1.66. The summed E-state index contributed by atoms with van der Waals surface area (Å²) in [5.74, 6) is 0.668. The van der Waals surface area contributed by atoms with Crippen molar-refractivity contribution >= 4 is 10.2 Å². The first-order valence-electron chi connectivity index (χ1n) is 7.85. The van der Waals surface area contributed by atoms with Gasteiger partial charge in [0.1, 0.15) is 0 Å². The van der Waals surface area contributed by atoms with Crippen molar-refractivity contribution in [3.05, 3.63) is 42.4 Å². The minimum atomic E-state index is -3.43. The van der Waals surface area contributed by atoms with Crippen LogP contribution in [0.4, 0.5) is 0 Å². The van der Waals surface area contributed by atoms with Crippen LogP contribution in [0.1, 0.15) is 31.2 Å². The molecule has 7 nitrogen and oxygen atoms in total. The number of aromatic nitrogens is 3. The van der Waals surface area contributed by atoms with E-state index in [2.05, 4.69) is 14.8 Å². The summed E-state index contributed by atoms with van der Waals surface area (Å²) in [4.78, 5) is 4.24. The Labute approximate surface area is 136 Å². The van der Waals surface area contributed by atoms with Gasteiger partial charge >= 0.3 is 0 Å². The molecule has 1 N–H and O–H groups in total. The van der Waals surface area contributed by atoms with E-state index in [4.69, 9.17) is 0 Å². The van der Waals surface area contributed by atoms with Crippen molar-refractivity contribution in [3.63, 3.8) is 0 Å². The predicted octanol–water partition coefficient (Wildman–Crippen LogP) is 1.48. The van der Waals surface area contributed by atoms with Crippen LogP contribution in [0.2, 0.25) is 0 Å². The molecule has 0 radical (unpaired) electrons. The quantitative estimate of drug-likeness (QED) is 0.897. The third-order valence-electron chi connectivity index (χ3n) is 3.91. The zero-order valence-corrected chi connectivity index (χ0v) is 13.7. The van der Waals surface area contributed by atoms with Crippen LogP contribution < -0.4 is 4.72 Å². The maximum absolute atomic E-state index is 12.4. The van der Waals surface area contributed by atoms with Gasteiger partial charge in [0.2, 0.25) is 0 Å². The van der Waals surface area contributed by atoms with Crippen molar-refractivity contribution in [2.75, 3.05) is 13.1 Å². The Morgan fingerprint density at radius 3 is 2.61 bits per heavy atom. The summed E-state index contributed by atoms with van der Waals surface area (Å²) in [6, 6.07) is 5.45. The van der Waals surface area contributed by atoms with Crippen LogP contribution in [-0.4, -0.2) is 40.6 Å². The molecule has 0 atom stereocenters. The van der Waals surface area contributed by atoms with Gasteiger partial charge < -0.3 is 0 Å². The Kier molecular flexibility index (Phi) is 5.04. The van der Waals surface area contributed by atoms with Gasteiger partial charge in [-0.05, 0) is 36.6 Å². The van der Waals surface area contributed by atoms with Crippen molar-refractivity contribution in [1.29, 1.82) is 0 Å². The number of pyridine rings is 1. The molecule has 0 spiro atoms. The van der Waals surface area contributed by atoms with Gasteiger partial charge in [-0.25, -0.2) is 9.67 Å². The summed E-state index contributed by atoms with van der Waals surface area (Å²) < 4.78 is 30.7. The zero-order chi connectivity index (χ0) is 16.1. The molecule has 1 aliphatic heterocycles. The Morgan fingerprint density at radius 1 is 1.13 bits per heavy atom. The van der Waals surface area contributed by atoms with Crippen LogP contribution in [-0.2, 0) is 16.8 Å². The largest absolute Gasteiger partial charge is 0.279 e. The number of nitrogens with one attached hydrogen (secondary N) is 1. The summed E-state index contributed by atoms with van der Waals surface area (Å²) in [6.07, 6.45) is 9.20. The summed E-state index contributed by atoms with van der Waals surface area (Å²) in [7, 11) is -3.43. The predicted molar refractivity (Wildman–Crippen MR) is 87.2 cm³/mol. The maximum atomic E-state index is 12.4. The molecule has 1 aliphatic rings. The highest BCUT2D eigenvalue weighted by atomic mass is 32.2. The number of rotatable bonds is 5. The molecule has 1 fully saturated rings.